The highest BCUT2D eigenvalue weighted by molar-refractivity contribution is 7.17. The average molecular weight is 381 g/mol. The van der Waals surface area contributed by atoms with E-state index in [2.05, 4.69) is 15.0 Å². The van der Waals surface area contributed by atoms with Crippen molar-refractivity contribution in [2.24, 2.45) is 0 Å². The summed E-state index contributed by atoms with van der Waals surface area (Å²) in [6.45, 7) is 1.85. The van der Waals surface area contributed by atoms with Crippen LogP contribution >= 0.6 is 22.9 Å². The number of aromatic hydroxyl groups is 1. The molecule has 1 atom stereocenters. The Balaban J connectivity index is 1.83. The highest BCUT2D eigenvalue weighted by Gasteiger charge is 2.30. The lowest BCUT2D eigenvalue weighted by atomic mass is 10.0. The molecule has 4 rings (SSSR count). The van der Waals surface area contributed by atoms with Gasteiger partial charge in [0.15, 0.2) is 0 Å². The van der Waals surface area contributed by atoms with Gasteiger partial charge in [-0.05, 0) is 43.6 Å². The van der Waals surface area contributed by atoms with Crippen LogP contribution in [0.4, 0.5) is 4.39 Å². The van der Waals surface area contributed by atoms with Crippen LogP contribution in [-0.4, -0.2) is 37.7 Å². The van der Waals surface area contributed by atoms with Crippen LogP contribution < -0.4 is 0 Å². The maximum Gasteiger partial charge on any atom is 0.230 e. The molecule has 0 saturated carbocycles. The third-order valence-electron chi connectivity index (χ3n) is 4.65. The van der Waals surface area contributed by atoms with E-state index in [1.807, 2.05) is 0 Å². The van der Waals surface area contributed by atoms with Crippen LogP contribution in [0.2, 0.25) is 5.02 Å². The van der Waals surface area contributed by atoms with Crippen molar-refractivity contribution in [3.8, 4) is 5.88 Å². The molecule has 1 aliphatic rings. The van der Waals surface area contributed by atoms with Crippen molar-refractivity contribution >= 4 is 27.9 Å². The molecule has 0 spiro atoms. The Hall–Kier alpha value is -1.70. The van der Waals surface area contributed by atoms with Crippen LogP contribution in [0.1, 0.15) is 42.2 Å². The predicted octanol–water partition coefficient (Wildman–Crippen LogP) is 4.25. The molecule has 0 radical (unpaired) electrons. The monoisotopic (exact) mass is 380 g/mol. The minimum atomic E-state index is -0.438. The number of hydrogen-bond acceptors (Lipinski definition) is 5. The standard InChI is InChI=1S/C17H18ClFN4OS/c18-12-9-11(5-6-13(12)19)14(22-7-3-1-2-4-8-22)15-16(24)23-17(25-15)20-10-21-23/h5-6,9-10,14,24H,1-4,7-8H2/t14-/m0/s1. The summed E-state index contributed by atoms with van der Waals surface area (Å²) in [5.41, 5.74) is 0.869. The molecule has 0 amide bonds. The predicted molar refractivity (Wildman–Crippen MR) is 95.8 cm³/mol. The molecule has 25 heavy (non-hydrogen) atoms. The van der Waals surface area contributed by atoms with Gasteiger partial charge >= 0.3 is 0 Å². The summed E-state index contributed by atoms with van der Waals surface area (Å²) in [6.07, 6.45) is 6.04. The first-order chi connectivity index (χ1) is 12.1. The average Bonchev–Trinajstić information content (AvgIpc) is 3.06. The number of nitrogens with zero attached hydrogens (tertiary/aromatic N) is 4. The summed E-state index contributed by atoms with van der Waals surface area (Å²) in [6, 6.07) is 4.59. The molecule has 2 aromatic heterocycles. The van der Waals surface area contributed by atoms with Gasteiger partial charge in [0.25, 0.3) is 0 Å². The van der Waals surface area contributed by atoms with Gasteiger partial charge in [0.2, 0.25) is 10.8 Å². The van der Waals surface area contributed by atoms with Gasteiger partial charge in [-0.2, -0.15) is 9.61 Å². The van der Waals surface area contributed by atoms with Crippen LogP contribution in [0.25, 0.3) is 4.96 Å². The van der Waals surface area contributed by atoms with Crippen molar-refractivity contribution in [2.75, 3.05) is 13.1 Å². The van der Waals surface area contributed by atoms with E-state index in [0.717, 1.165) is 36.4 Å². The fourth-order valence-electron chi connectivity index (χ4n) is 3.44. The largest absolute Gasteiger partial charge is 0.492 e. The normalized spacial score (nSPS) is 17.7. The van der Waals surface area contributed by atoms with Gasteiger partial charge in [-0.3, -0.25) is 4.90 Å². The Morgan fingerprint density at radius 3 is 2.64 bits per heavy atom. The number of hydrogen-bond donors (Lipinski definition) is 1. The van der Waals surface area contributed by atoms with Gasteiger partial charge in [-0.15, -0.1) is 0 Å². The maximum atomic E-state index is 13.7. The molecule has 0 aliphatic carbocycles. The molecule has 1 aromatic carbocycles. The zero-order valence-electron chi connectivity index (χ0n) is 13.5. The molecular weight excluding hydrogens is 363 g/mol. The van der Waals surface area contributed by atoms with E-state index < -0.39 is 5.82 Å². The van der Waals surface area contributed by atoms with Crippen LogP contribution in [0, 0.1) is 5.82 Å². The highest BCUT2D eigenvalue weighted by Crippen LogP contribution is 2.41. The molecule has 3 aromatic rings. The van der Waals surface area contributed by atoms with E-state index >= 15 is 0 Å². The highest BCUT2D eigenvalue weighted by atomic mass is 35.5. The van der Waals surface area contributed by atoms with Gasteiger partial charge < -0.3 is 5.11 Å². The molecule has 3 heterocycles. The number of fused-ring (bicyclic) bond motifs is 1. The third-order valence-corrected chi connectivity index (χ3v) is 6.03. The summed E-state index contributed by atoms with van der Waals surface area (Å²) < 4.78 is 15.1. The Morgan fingerprint density at radius 2 is 1.96 bits per heavy atom. The van der Waals surface area contributed by atoms with Crippen LogP contribution in [0.3, 0.4) is 0 Å². The van der Waals surface area contributed by atoms with Crippen LogP contribution in [0.5, 0.6) is 5.88 Å². The second-order valence-electron chi connectivity index (χ2n) is 6.27. The molecule has 1 aliphatic heterocycles. The van der Waals surface area contributed by atoms with Crippen molar-refractivity contribution in [1.29, 1.82) is 0 Å². The number of rotatable bonds is 3. The van der Waals surface area contributed by atoms with Crippen molar-refractivity contribution in [2.45, 2.75) is 31.7 Å². The molecule has 0 unspecified atom stereocenters. The minimum absolute atomic E-state index is 0.0900. The Morgan fingerprint density at radius 1 is 1.20 bits per heavy atom. The van der Waals surface area contributed by atoms with Gasteiger partial charge in [-0.1, -0.05) is 41.8 Å². The van der Waals surface area contributed by atoms with E-state index in [-0.39, 0.29) is 16.9 Å². The summed E-state index contributed by atoms with van der Waals surface area (Å²) in [5.74, 6) is -0.348. The van der Waals surface area contributed by atoms with Gasteiger partial charge in [0.1, 0.15) is 12.1 Å². The second kappa shape index (κ2) is 6.90. The lowest BCUT2D eigenvalue weighted by molar-refractivity contribution is 0.232. The first-order valence-electron chi connectivity index (χ1n) is 8.35. The zero-order chi connectivity index (χ0) is 17.4. The Bertz CT molecular complexity index is 888. The molecule has 8 heteroatoms. The summed E-state index contributed by atoms with van der Waals surface area (Å²) >= 11 is 7.44. The smallest absolute Gasteiger partial charge is 0.230 e. The van der Waals surface area contributed by atoms with Crippen molar-refractivity contribution < 1.29 is 9.50 Å². The second-order valence-corrected chi connectivity index (χ2v) is 7.69. The van der Waals surface area contributed by atoms with E-state index in [1.165, 1.54) is 41.1 Å². The van der Waals surface area contributed by atoms with Gasteiger partial charge in [-0.25, -0.2) is 9.37 Å². The van der Waals surface area contributed by atoms with Crippen molar-refractivity contribution in [3.63, 3.8) is 0 Å². The number of likely N-dealkylation sites (tertiary alicyclic amines) is 1. The Kier molecular flexibility index (Phi) is 4.62. The number of aromatic nitrogens is 3. The molecular formula is C17H18ClFN4OS. The maximum absolute atomic E-state index is 13.7. The zero-order valence-corrected chi connectivity index (χ0v) is 15.1. The number of benzene rings is 1. The van der Waals surface area contributed by atoms with Gasteiger partial charge in [0, 0.05) is 0 Å². The lowest BCUT2D eigenvalue weighted by Gasteiger charge is -2.30. The molecule has 132 valence electrons. The van der Waals surface area contributed by atoms with E-state index in [0.29, 0.717) is 4.96 Å². The fourth-order valence-corrected chi connectivity index (χ4v) is 4.72. The first kappa shape index (κ1) is 16.8. The van der Waals surface area contributed by atoms with E-state index in [1.54, 1.807) is 12.1 Å². The molecule has 1 N–H and O–H groups in total. The van der Waals surface area contributed by atoms with E-state index in [9.17, 15) is 9.50 Å². The van der Waals surface area contributed by atoms with Crippen molar-refractivity contribution in [1.82, 2.24) is 19.5 Å². The fraction of sp³-hybridized carbons (Fsp3) is 0.412. The topological polar surface area (TPSA) is 53.7 Å². The number of halogens is 2. The quantitative estimate of drug-likeness (QED) is 0.737. The summed E-state index contributed by atoms with van der Waals surface area (Å²) in [4.78, 5) is 7.92. The molecule has 1 saturated heterocycles. The van der Waals surface area contributed by atoms with Crippen LogP contribution in [-0.2, 0) is 0 Å². The first-order valence-corrected chi connectivity index (χ1v) is 9.55. The van der Waals surface area contributed by atoms with Gasteiger partial charge in [0.05, 0.1) is 15.9 Å². The number of thiazole rings is 1. The summed E-state index contributed by atoms with van der Waals surface area (Å²) in [7, 11) is 0. The minimum Gasteiger partial charge on any atom is -0.492 e. The molecule has 0 bridgehead atoms. The van der Waals surface area contributed by atoms with Crippen LogP contribution in [0.15, 0.2) is 24.5 Å². The molecule has 1 fully saturated rings. The van der Waals surface area contributed by atoms with Crippen molar-refractivity contribution in [3.05, 3.63) is 45.8 Å². The SMILES string of the molecule is Oc1c([C@H](c2ccc(F)c(Cl)c2)N2CCCCCC2)sc2ncnn12. The Labute approximate surface area is 153 Å². The van der Waals surface area contributed by atoms with E-state index in [4.69, 9.17) is 11.6 Å². The molecule has 5 nitrogen and oxygen atoms in total. The summed E-state index contributed by atoms with van der Waals surface area (Å²) in [5, 5.41) is 14.8. The lowest BCUT2D eigenvalue weighted by Crippen LogP contribution is -2.30. The third kappa shape index (κ3) is 3.12.